The minimum absolute atomic E-state index is 0.122. The highest BCUT2D eigenvalue weighted by Crippen LogP contribution is 2.21. The highest BCUT2D eigenvalue weighted by atomic mass is 19.1. The van der Waals surface area contributed by atoms with E-state index < -0.39 is 0 Å². The summed E-state index contributed by atoms with van der Waals surface area (Å²) in [5, 5.41) is 0. The van der Waals surface area contributed by atoms with Crippen LogP contribution in [0.3, 0.4) is 0 Å². The molecular weight excluding hydrogens is 187 g/mol. The van der Waals surface area contributed by atoms with Gasteiger partial charge in [-0.25, -0.2) is 4.39 Å². The van der Waals surface area contributed by atoms with E-state index in [9.17, 15) is 4.39 Å². The Morgan fingerprint density at radius 1 is 1.20 bits per heavy atom. The van der Waals surface area contributed by atoms with Crippen LogP contribution in [-0.2, 0) is 6.42 Å². The standard InChI is InChI=1S/C12H17F.C2H6/c1-4-5-10-6-7-11(13)8-12(10)9(2)3;1-2/h6-9H,4-5H2,1-3H3;1-2H3. The minimum Gasteiger partial charge on any atom is -0.207 e. The van der Waals surface area contributed by atoms with Gasteiger partial charge in [-0.1, -0.05) is 47.1 Å². The minimum atomic E-state index is -0.122. The Morgan fingerprint density at radius 2 is 1.80 bits per heavy atom. The van der Waals surface area contributed by atoms with Gasteiger partial charge in [0.05, 0.1) is 0 Å². The van der Waals surface area contributed by atoms with Crippen LogP contribution in [0, 0.1) is 5.82 Å². The maximum Gasteiger partial charge on any atom is 0.123 e. The predicted molar refractivity (Wildman–Crippen MR) is 65.8 cm³/mol. The highest BCUT2D eigenvalue weighted by Gasteiger charge is 2.06. The van der Waals surface area contributed by atoms with Gasteiger partial charge < -0.3 is 0 Å². The Balaban J connectivity index is 0.000000921. The van der Waals surface area contributed by atoms with Crippen molar-refractivity contribution in [2.75, 3.05) is 0 Å². The zero-order valence-corrected chi connectivity index (χ0v) is 10.6. The van der Waals surface area contributed by atoms with Gasteiger partial charge in [0.25, 0.3) is 0 Å². The molecule has 1 aromatic rings. The zero-order chi connectivity index (χ0) is 11.8. The summed E-state index contributed by atoms with van der Waals surface area (Å²) in [6, 6.07) is 5.13. The summed E-state index contributed by atoms with van der Waals surface area (Å²) in [5.74, 6) is 0.292. The molecule has 0 bridgehead atoms. The monoisotopic (exact) mass is 210 g/mol. The van der Waals surface area contributed by atoms with Gasteiger partial charge in [-0.15, -0.1) is 0 Å². The number of aryl methyl sites for hydroxylation is 1. The Hall–Kier alpha value is -0.850. The predicted octanol–water partition coefficient (Wildman–Crippen LogP) is 4.93. The van der Waals surface area contributed by atoms with Gasteiger partial charge in [-0.2, -0.15) is 0 Å². The average Bonchev–Trinajstić information content (AvgIpc) is 2.24. The van der Waals surface area contributed by atoms with Crippen LogP contribution in [0.4, 0.5) is 4.39 Å². The van der Waals surface area contributed by atoms with Gasteiger partial charge in [0.1, 0.15) is 5.82 Å². The third-order valence-corrected chi connectivity index (χ3v) is 2.25. The Labute approximate surface area is 93.5 Å². The lowest BCUT2D eigenvalue weighted by atomic mass is 9.94. The van der Waals surface area contributed by atoms with Crippen LogP contribution >= 0.6 is 0 Å². The molecule has 0 fully saturated rings. The lowest BCUT2D eigenvalue weighted by molar-refractivity contribution is 0.621. The van der Waals surface area contributed by atoms with Crippen molar-refractivity contribution < 1.29 is 4.39 Å². The molecule has 0 saturated heterocycles. The summed E-state index contributed by atoms with van der Waals surface area (Å²) in [6.07, 6.45) is 2.17. The van der Waals surface area contributed by atoms with Crippen LogP contribution in [0.5, 0.6) is 0 Å². The summed E-state index contributed by atoms with van der Waals surface area (Å²) < 4.78 is 12.9. The molecule has 0 amide bonds. The Bertz CT molecular complexity index is 277. The molecule has 0 nitrogen and oxygen atoms in total. The van der Waals surface area contributed by atoms with Crippen LogP contribution in [0.15, 0.2) is 18.2 Å². The third-order valence-electron chi connectivity index (χ3n) is 2.25. The number of hydrogen-bond acceptors (Lipinski definition) is 0. The first kappa shape index (κ1) is 14.2. The van der Waals surface area contributed by atoms with Gasteiger partial charge in [0.15, 0.2) is 0 Å². The molecule has 86 valence electrons. The van der Waals surface area contributed by atoms with Crippen LogP contribution in [0.25, 0.3) is 0 Å². The molecule has 0 aliphatic carbocycles. The van der Waals surface area contributed by atoms with Crippen molar-refractivity contribution in [1.82, 2.24) is 0 Å². The van der Waals surface area contributed by atoms with E-state index in [0.717, 1.165) is 18.4 Å². The van der Waals surface area contributed by atoms with Crippen molar-refractivity contribution in [3.05, 3.63) is 35.1 Å². The first-order chi connectivity index (χ1) is 7.15. The molecule has 0 N–H and O–H groups in total. The Morgan fingerprint density at radius 3 is 2.27 bits per heavy atom. The lowest BCUT2D eigenvalue weighted by Gasteiger charge is -2.11. The number of benzene rings is 1. The Kier molecular flexibility index (Phi) is 7.02. The summed E-state index contributed by atoms with van der Waals surface area (Å²) in [7, 11) is 0. The van der Waals surface area contributed by atoms with E-state index in [2.05, 4.69) is 20.8 Å². The van der Waals surface area contributed by atoms with Crippen molar-refractivity contribution in [2.24, 2.45) is 0 Å². The van der Waals surface area contributed by atoms with Gasteiger partial charge in [-0.05, 0) is 35.6 Å². The van der Waals surface area contributed by atoms with Gasteiger partial charge in [-0.3, -0.25) is 0 Å². The number of hydrogen-bond donors (Lipinski definition) is 0. The smallest absolute Gasteiger partial charge is 0.123 e. The molecule has 0 heterocycles. The van der Waals surface area contributed by atoms with Gasteiger partial charge >= 0.3 is 0 Å². The quantitative estimate of drug-likeness (QED) is 0.663. The molecule has 1 heteroatoms. The molecule has 15 heavy (non-hydrogen) atoms. The number of rotatable bonds is 3. The van der Waals surface area contributed by atoms with E-state index in [1.807, 2.05) is 19.9 Å². The molecule has 0 aliphatic rings. The van der Waals surface area contributed by atoms with E-state index in [4.69, 9.17) is 0 Å². The van der Waals surface area contributed by atoms with Crippen LogP contribution < -0.4 is 0 Å². The normalized spacial score (nSPS) is 9.80. The summed E-state index contributed by atoms with van der Waals surface area (Å²) in [4.78, 5) is 0. The molecule has 0 aliphatic heterocycles. The SMILES string of the molecule is CC.CCCc1ccc(F)cc1C(C)C. The van der Waals surface area contributed by atoms with E-state index in [0.29, 0.717) is 5.92 Å². The summed E-state index contributed by atoms with van der Waals surface area (Å²) in [5.41, 5.74) is 2.45. The first-order valence-electron chi connectivity index (χ1n) is 5.93. The molecular formula is C14H23F. The largest absolute Gasteiger partial charge is 0.207 e. The highest BCUT2D eigenvalue weighted by molar-refractivity contribution is 5.30. The van der Waals surface area contributed by atoms with E-state index in [-0.39, 0.29) is 5.82 Å². The topological polar surface area (TPSA) is 0 Å². The van der Waals surface area contributed by atoms with Crippen molar-refractivity contribution >= 4 is 0 Å². The zero-order valence-electron chi connectivity index (χ0n) is 10.6. The second-order valence-electron chi connectivity index (χ2n) is 3.75. The summed E-state index contributed by atoms with van der Waals surface area (Å²) in [6.45, 7) is 10.4. The van der Waals surface area contributed by atoms with E-state index in [1.54, 1.807) is 12.1 Å². The van der Waals surface area contributed by atoms with Crippen LogP contribution in [0.1, 0.15) is 58.1 Å². The maximum absolute atomic E-state index is 12.9. The van der Waals surface area contributed by atoms with Crippen molar-refractivity contribution in [2.45, 2.75) is 53.4 Å². The van der Waals surface area contributed by atoms with E-state index >= 15 is 0 Å². The fourth-order valence-electron chi connectivity index (χ4n) is 1.60. The van der Waals surface area contributed by atoms with Crippen LogP contribution in [-0.4, -0.2) is 0 Å². The molecule has 0 saturated carbocycles. The van der Waals surface area contributed by atoms with E-state index in [1.165, 1.54) is 5.56 Å². The molecule has 0 radical (unpaired) electrons. The third kappa shape index (κ3) is 4.46. The first-order valence-corrected chi connectivity index (χ1v) is 5.93. The molecule has 0 spiro atoms. The maximum atomic E-state index is 12.9. The molecule has 0 atom stereocenters. The van der Waals surface area contributed by atoms with Gasteiger partial charge in [0.2, 0.25) is 0 Å². The number of halogens is 1. The average molecular weight is 210 g/mol. The molecule has 1 rings (SSSR count). The second kappa shape index (κ2) is 7.44. The van der Waals surface area contributed by atoms with Crippen LogP contribution in [0.2, 0.25) is 0 Å². The molecule has 0 aromatic heterocycles. The van der Waals surface area contributed by atoms with Gasteiger partial charge in [0, 0.05) is 0 Å². The lowest BCUT2D eigenvalue weighted by Crippen LogP contribution is -1.97. The fourth-order valence-corrected chi connectivity index (χ4v) is 1.60. The van der Waals surface area contributed by atoms with Crippen molar-refractivity contribution in [3.63, 3.8) is 0 Å². The molecule has 1 aromatic carbocycles. The summed E-state index contributed by atoms with van der Waals surface area (Å²) >= 11 is 0. The fraction of sp³-hybridized carbons (Fsp3) is 0.571. The second-order valence-corrected chi connectivity index (χ2v) is 3.75. The van der Waals surface area contributed by atoms with Crippen molar-refractivity contribution in [3.8, 4) is 0 Å². The van der Waals surface area contributed by atoms with Crippen molar-refractivity contribution in [1.29, 1.82) is 0 Å². The molecule has 0 unspecified atom stereocenters.